The number of esters is 1. The molecular formula is C13H16O10. The Hall–Kier alpha value is -2.11. The number of carbonyl (C=O) groups is 1. The van der Waals surface area contributed by atoms with Crippen molar-refractivity contribution in [2.75, 3.05) is 6.61 Å². The number of aliphatic hydroxyl groups excluding tert-OH is 4. The van der Waals surface area contributed by atoms with Crippen LogP contribution in [0.5, 0.6) is 17.2 Å². The second kappa shape index (κ2) is 6.56. The lowest BCUT2D eigenvalue weighted by Gasteiger charge is -2.39. The zero-order chi connectivity index (χ0) is 17.3. The fourth-order valence-corrected chi connectivity index (χ4v) is 2.06. The van der Waals surface area contributed by atoms with Crippen molar-refractivity contribution in [3.63, 3.8) is 0 Å². The lowest BCUT2D eigenvalue weighted by Crippen LogP contribution is -2.59. The summed E-state index contributed by atoms with van der Waals surface area (Å²) in [5, 5.41) is 65.8. The minimum atomic E-state index is -1.78. The predicted molar refractivity (Wildman–Crippen MR) is 70.6 cm³/mol. The molecule has 0 aliphatic carbocycles. The number of benzene rings is 1. The Morgan fingerprint density at radius 3 is 2.13 bits per heavy atom. The molecule has 0 unspecified atom stereocenters. The number of aromatic hydroxyl groups is 3. The molecule has 1 fully saturated rings. The molecule has 23 heavy (non-hydrogen) atoms. The zero-order valence-corrected chi connectivity index (χ0v) is 11.6. The average molecular weight is 332 g/mol. The van der Waals surface area contributed by atoms with Gasteiger partial charge in [-0.25, -0.2) is 4.79 Å². The highest BCUT2D eigenvalue weighted by atomic mass is 16.7. The van der Waals surface area contributed by atoms with E-state index >= 15 is 0 Å². The quantitative estimate of drug-likeness (QED) is 0.236. The first-order valence-electron chi connectivity index (χ1n) is 6.52. The third-order valence-corrected chi connectivity index (χ3v) is 3.38. The van der Waals surface area contributed by atoms with Crippen LogP contribution in [0.3, 0.4) is 0 Å². The first kappa shape index (κ1) is 17.2. The van der Waals surface area contributed by atoms with Crippen molar-refractivity contribution in [1.82, 2.24) is 0 Å². The fourth-order valence-electron chi connectivity index (χ4n) is 2.06. The van der Waals surface area contributed by atoms with Gasteiger partial charge in [0.05, 0.1) is 12.2 Å². The molecule has 10 nitrogen and oxygen atoms in total. The van der Waals surface area contributed by atoms with Gasteiger partial charge in [-0.05, 0) is 12.1 Å². The molecule has 0 bridgehead atoms. The molecule has 1 aliphatic rings. The first-order chi connectivity index (χ1) is 10.8. The van der Waals surface area contributed by atoms with E-state index in [0.717, 1.165) is 12.1 Å². The van der Waals surface area contributed by atoms with Crippen LogP contribution in [0.15, 0.2) is 12.1 Å². The van der Waals surface area contributed by atoms with Crippen LogP contribution in [-0.4, -0.2) is 79.0 Å². The molecule has 1 aromatic carbocycles. The SMILES string of the molecule is O=C(O[C@@H]1O[C@@H](CO)[C@@H](O)[C@@H](O)[C@@H]1O)c1cc(O)c(O)c(O)c1. The summed E-state index contributed by atoms with van der Waals surface area (Å²) < 4.78 is 9.77. The number of hydrogen-bond donors (Lipinski definition) is 7. The monoisotopic (exact) mass is 332 g/mol. The van der Waals surface area contributed by atoms with E-state index in [2.05, 4.69) is 0 Å². The Morgan fingerprint density at radius 1 is 1.04 bits per heavy atom. The van der Waals surface area contributed by atoms with Gasteiger partial charge in [-0.2, -0.15) is 0 Å². The van der Waals surface area contributed by atoms with Gasteiger partial charge in [0, 0.05) is 0 Å². The van der Waals surface area contributed by atoms with E-state index < -0.39 is 60.5 Å². The van der Waals surface area contributed by atoms with Gasteiger partial charge in [0.2, 0.25) is 6.29 Å². The molecule has 0 aromatic heterocycles. The van der Waals surface area contributed by atoms with E-state index in [1.54, 1.807) is 0 Å². The van der Waals surface area contributed by atoms with Gasteiger partial charge < -0.3 is 45.2 Å². The van der Waals surface area contributed by atoms with E-state index in [0.29, 0.717) is 0 Å². The highest BCUT2D eigenvalue weighted by Gasteiger charge is 2.45. The average Bonchev–Trinajstić information content (AvgIpc) is 2.52. The lowest BCUT2D eigenvalue weighted by atomic mass is 9.99. The maximum Gasteiger partial charge on any atom is 0.340 e. The lowest BCUT2D eigenvalue weighted by molar-refractivity contribution is -0.285. The molecule has 5 atom stereocenters. The number of carbonyl (C=O) groups excluding carboxylic acids is 1. The number of ether oxygens (including phenoxy) is 2. The van der Waals surface area contributed by atoms with Crippen molar-refractivity contribution in [2.45, 2.75) is 30.7 Å². The van der Waals surface area contributed by atoms with Crippen LogP contribution in [0, 0.1) is 0 Å². The molecule has 128 valence electrons. The fraction of sp³-hybridized carbons (Fsp3) is 0.462. The maximum atomic E-state index is 11.9. The Kier molecular flexibility index (Phi) is 4.92. The van der Waals surface area contributed by atoms with Crippen molar-refractivity contribution in [3.05, 3.63) is 17.7 Å². The number of aliphatic hydroxyl groups is 4. The van der Waals surface area contributed by atoms with E-state index in [1.807, 2.05) is 0 Å². The van der Waals surface area contributed by atoms with Gasteiger partial charge in [0.25, 0.3) is 0 Å². The van der Waals surface area contributed by atoms with Crippen LogP contribution < -0.4 is 0 Å². The van der Waals surface area contributed by atoms with Gasteiger partial charge in [-0.15, -0.1) is 0 Å². The topological polar surface area (TPSA) is 177 Å². The summed E-state index contributed by atoms with van der Waals surface area (Å²) in [7, 11) is 0. The maximum absolute atomic E-state index is 11.9. The van der Waals surface area contributed by atoms with Gasteiger partial charge in [0.1, 0.15) is 24.4 Å². The van der Waals surface area contributed by atoms with Crippen molar-refractivity contribution >= 4 is 5.97 Å². The minimum Gasteiger partial charge on any atom is -0.504 e. The van der Waals surface area contributed by atoms with E-state index in [-0.39, 0.29) is 5.56 Å². The van der Waals surface area contributed by atoms with Crippen LogP contribution in [0.1, 0.15) is 10.4 Å². The summed E-state index contributed by atoms with van der Waals surface area (Å²) in [6, 6.07) is 1.61. The van der Waals surface area contributed by atoms with Gasteiger partial charge >= 0.3 is 5.97 Å². The third-order valence-electron chi connectivity index (χ3n) is 3.38. The molecule has 0 amide bonds. The largest absolute Gasteiger partial charge is 0.504 e. The standard InChI is InChI=1S/C13H16O10/c14-3-7-9(18)10(19)11(20)13(22-7)23-12(21)4-1-5(15)8(17)6(16)2-4/h1-2,7,9-11,13-20H,3H2/t7-,9+,10+,11-,13-/m0/s1. The molecule has 1 aliphatic heterocycles. The van der Waals surface area contributed by atoms with Crippen molar-refractivity contribution in [2.24, 2.45) is 0 Å². The van der Waals surface area contributed by atoms with Crippen molar-refractivity contribution < 1.29 is 50.0 Å². The Bertz CT molecular complexity index is 563. The van der Waals surface area contributed by atoms with Crippen LogP contribution in [0.25, 0.3) is 0 Å². The summed E-state index contributed by atoms with van der Waals surface area (Å²) in [6.07, 6.45) is -8.06. The molecular weight excluding hydrogens is 316 g/mol. The minimum absolute atomic E-state index is 0.366. The number of rotatable bonds is 3. The van der Waals surface area contributed by atoms with E-state index in [1.165, 1.54) is 0 Å². The molecule has 1 aromatic rings. The van der Waals surface area contributed by atoms with Crippen LogP contribution in [-0.2, 0) is 9.47 Å². The molecule has 0 saturated carbocycles. The molecule has 2 rings (SSSR count). The smallest absolute Gasteiger partial charge is 0.340 e. The summed E-state index contributed by atoms with van der Waals surface area (Å²) in [6.45, 7) is -0.695. The highest BCUT2D eigenvalue weighted by Crippen LogP contribution is 2.35. The molecule has 10 heteroatoms. The number of hydrogen-bond acceptors (Lipinski definition) is 10. The van der Waals surface area contributed by atoms with Crippen LogP contribution >= 0.6 is 0 Å². The third kappa shape index (κ3) is 3.30. The van der Waals surface area contributed by atoms with Crippen molar-refractivity contribution in [3.8, 4) is 17.2 Å². The van der Waals surface area contributed by atoms with Gasteiger partial charge in [0.15, 0.2) is 17.2 Å². The Morgan fingerprint density at radius 2 is 1.61 bits per heavy atom. The first-order valence-corrected chi connectivity index (χ1v) is 6.52. The second-order valence-electron chi connectivity index (χ2n) is 4.97. The summed E-state index contributed by atoms with van der Waals surface area (Å²) >= 11 is 0. The summed E-state index contributed by atoms with van der Waals surface area (Å²) in [5.41, 5.74) is -0.366. The number of phenols is 3. The molecule has 1 saturated heterocycles. The summed E-state index contributed by atoms with van der Waals surface area (Å²) in [4.78, 5) is 11.9. The summed E-state index contributed by atoms with van der Waals surface area (Å²) in [5.74, 6) is -3.52. The van der Waals surface area contributed by atoms with E-state index in [4.69, 9.17) is 14.6 Å². The molecule has 0 spiro atoms. The molecule has 0 radical (unpaired) electrons. The van der Waals surface area contributed by atoms with E-state index in [9.17, 15) is 35.4 Å². The number of phenolic OH excluding ortho intramolecular Hbond substituents is 3. The van der Waals surface area contributed by atoms with Crippen LogP contribution in [0.4, 0.5) is 0 Å². The van der Waals surface area contributed by atoms with Gasteiger partial charge in [-0.1, -0.05) is 0 Å². The van der Waals surface area contributed by atoms with Crippen molar-refractivity contribution in [1.29, 1.82) is 0 Å². The second-order valence-corrected chi connectivity index (χ2v) is 4.97. The zero-order valence-electron chi connectivity index (χ0n) is 11.6. The molecule has 1 heterocycles. The predicted octanol–water partition coefficient (Wildman–Crippen LogP) is -2.24. The molecule has 7 N–H and O–H groups in total. The highest BCUT2D eigenvalue weighted by molar-refractivity contribution is 5.91. The van der Waals surface area contributed by atoms with Gasteiger partial charge in [-0.3, -0.25) is 0 Å². The van der Waals surface area contributed by atoms with Crippen LogP contribution in [0.2, 0.25) is 0 Å². The Balaban J connectivity index is 2.16. The normalized spacial score (nSPS) is 30.9. The Labute approximate surface area is 129 Å².